The Balaban J connectivity index is 1.77. The normalized spacial score (nSPS) is 11.5. The first kappa shape index (κ1) is 18.3. The number of nitrogens with one attached hydrogen (secondary N) is 2. The maximum atomic E-state index is 4.54. The summed E-state index contributed by atoms with van der Waals surface area (Å²) in [7, 11) is 5.90. The summed E-state index contributed by atoms with van der Waals surface area (Å²) in [5, 5.41) is 7.76. The van der Waals surface area contributed by atoms with Crippen LogP contribution in [0.15, 0.2) is 29.3 Å². The zero-order valence-corrected chi connectivity index (χ0v) is 16.0. The molecule has 0 aliphatic carbocycles. The van der Waals surface area contributed by atoms with Gasteiger partial charge in [-0.1, -0.05) is 12.1 Å². The minimum atomic E-state index is 0.705. The van der Waals surface area contributed by atoms with Crippen LogP contribution >= 0.6 is 11.3 Å². The lowest BCUT2D eigenvalue weighted by molar-refractivity contribution is 0.790. The highest BCUT2D eigenvalue weighted by Crippen LogP contribution is 2.16. The Morgan fingerprint density at radius 2 is 1.88 bits per heavy atom. The van der Waals surface area contributed by atoms with E-state index in [0.29, 0.717) is 6.54 Å². The average molecular weight is 346 g/mol. The van der Waals surface area contributed by atoms with Crippen molar-refractivity contribution in [3.05, 3.63) is 45.4 Å². The quantitative estimate of drug-likeness (QED) is 0.624. The topological polar surface area (TPSA) is 52.6 Å². The number of aliphatic imine (C=N–C) groups is 1. The zero-order chi connectivity index (χ0) is 17.5. The number of nitrogens with zero attached hydrogens (tertiary/aromatic N) is 3. The van der Waals surface area contributed by atoms with Gasteiger partial charge in [-0.15, -0.1) is 11.3 Å². The van der Waals surface area contributed by atoms with Crippen molar-refractivity contribution in [3.63, 3.8) is 0 Å². The molecule has 0 spiro atoms. The third-order valence-electron chi connectivity index (χ3n) is 3.86. The van der Waals surface area contributed by atoms with E-state index in [9.17, 15) is 0 Å². The largest absolute Gasteiger partial charge is 0.378 e. The fourth-order valence-corrected chi connectivity index (χ4v) is 3.15. The minimum absolute atomic E-state index is 0.705. The van der Waals surface area contributed by atoms with E-state index in [-0.39, 0.29) is 0 Å². The number of anilines is 1. The summed E-state index contributed by atoms with van der Waals surface area (Å²) in [6.07, 6.45) is 0.962. The van der Waals surface area contributed by atoms with Crippen molar-refractivity contribution >= 4 is 23.0 Å². The van der Waals surface area contributed by atoms with Gasteiger partial charge in [-0.3, -0.25) is 4.99 Å². The van der Waals surface area contributed by atoms with Crippen molar-refractivity contribution in [1.82, 2.24) is 15.6 Å². The molecule has 1 aromatic carbocycles. The van der Waals surface area contributed by atoms with Crippen molar-refractivity contribution < 1.29 is 0 Å². The summed E-state index contributed by atoms with van der Waals surface area (Å²) in [5.41, 5.74) is 3.65. The molecule has 0 fully saturated rings. The Morgan fingerprint density at radius 1 is 1.17 bits per heavy atom. The average Bonchev–Trinajstić information content (AvgIpc) is 2.89. The van der Waals surface area contributed by atoms with Gasteiger partial charge in [0.2, 0.25) is 0 Å². The number of thiazole rings is 1. The number of aromatic nitrogens is 1. The van der Waals surface area contributed by atoms with E-state index in [1.807, 2.05) is 6.92 Å². The van der Waals surface area contributed by atoms with E-state index in [4.69, 9.17) is 0 Å². The predicted molar refractivity (Wildman–Crippen MR) is 104 cm³/mol. The SMILES string of the molecule is CN=C(NCCc1ccc(N(C)C)cc1)NCc1nc(C)c(C)s1. The smallest absolute Gasteiger partial charge is 0.191 e. The van der Waals surface area contributed by atoms with Gasteiger partial charge >= 0.3 is 0 Å². The van der Waals surface area contributed by atoms with Crippen LogP contribution in [-0.2, 0) is 13.0 Å². The van der Waals surface area contributed by atoms with E-state index in [1.54, 1.807) is 18.4 Å². The highest BCUT2D eigenvalue weighted by atomic mass is 32.1. The van der Waals surface area contributed by atoms with Crippen LogP contribution in [-0.4, -0.2) is 38.6 Å². The molecule has 5 nitrogen and oxygen atoms in total. The van der Waals surface area contributed by atoms with E-state index < -0.39 is 0 Å². The van der Waals surface area contributed by atoms with Crippen LogP contribution in [0.2, 0.25) is 0 Å². The molecule has 0 aliphatic heterocycles. The molecular weight excluding hydrogens is 318 g/mol. The second-order valence-electron chi connectivity index (χ2n) is 5.91. The molecule has 0 atom stereocenters. The van der Waals surface area contributed by atoms with Crippen molar-refractivity contribution in [1.29, 1.82) is 0 Å². The molecule has 1 aromatic heterocycles. The summed E-state index contributed by atoms with van der Waals surface area (Å²) in [6.45, 7) is 5.70. The maximum absolute atomic E-state index is 4.54. The fraction of sp³-hybridized carbons (Fsp3) is 0.444. The van der Waals surface area contributed by atoms with Crippen molar-refractivity contribution in [2.45, 2.75) is 26.8 Å². The Bertz CT molecular complexity index is 654. The van der Waals surface area contributed by atoms with Gasteiger partial charge in [0.05, 0.1) is 12.2 Å². The third-order valence-corrected chi connectivity index (χ3v) is 4.94. The van der Waals surface area contributed by atoms with Crippen LogP contribution in [0.1, 0.15) is 21.1 Å². The van der Waals surface area contributed by atoms with Gasteiger partial charge in [0.1, 0.15) is 5.01 Å². The second kappa shape index (κ2) is 8.68. The molecular formula is C18H27N5S. The first-order valence-corrected chi connectivity index (χ1v) is 8.95. The Labute approximate surface area is 148 Å². The molecule has 2 N–H and O–H groups in total. The van der Waals surface area contributed by atoms with Crippen LogP contribution in [0, 0.1) is 13.8 Å². The zero-order valence-electron chi connectivity index (χ0n) is 15.2. The van der Waals surface area contributed by atoms with E-state index in [1.165, 1.54) is 16.1 Å². The predicted octanol–water partition coefficient (Wildman–Crippen LogP) is 2.73. The molecule has 0 radical (unpaired) electrons. The van der Waals surface area contributed by atoms with Gasteiger partial charge in [-0.2, -0.15) is 0 Å². The molecule has 24 heavy (non-hydrogen) atoms. The molecule has 0 saturated carbocycles. The second-order valence-corrected chi connectivity index (χ2v) is 7.20. The van der Waals surface area contributed by atoms with Crippen LogP contribution in [0.5, 0.6) is 0 Å². The van der Waals surface area contributed by atoms with Gasteiger partial charge in [0.25, 0.3) is 0 Å². The lowest BCUT2D eigenvalue weighted by atomic mass is 10.1. The van der Waals surface area contributed by atoms with Gasteiger partial charge in [0.15, 0.2) is 5.96 Å². The molecule has 0 unspecified atom stereocenters. The van der Waals surface area contributed by atoms with Crippen LogP contribution in [0.25, 0.3) is 0 Å². The van der Waals surface area contributed by atoms with Crippen LogP contribution < -0.4 is 15.5 Å². The molecule has 2 rings (SSSR count). The maximum Gasteiger partial charge on any atom is 0.191 e. The van der Waals surface area contributed by atoms with E-state index in [2.05, 4.69) is 70.8 Å². The summed E-state index contributed by atoms with van der Waals surface area (Å²) in [5.74, 6) is 0.811. The van der Waals surface area contributed by atoms with E-state index >= 15 is 0 Å². The summed E-state index contributed by atoms with van der Waals surface area (Å²) in [4.78, 5) is 12.2. The van der Waals surface area contributed by atoms with Gasteiger partial charge in [0, 0.05) is 38.3 Å². The van der Waals surface area contributed by atoms with Gasteiger partial charge in [-0.05, 0) is 38.0 Å². The number of aryl methyl sites for hydroxylation is 2. The summed E-state index contributed by atoms with van der Waals surface area (Å²) >= 11 is 1.73. The minimum Gasteiger partial charge on any atom is -0.378 e. The number of guanidine groups is 1. The van der Waals surface area contributed by atoms with Crippen molar-refractivity contribution in [3.8, 4) is 0 Å². The molecule has 1 heterocycles. The molecule has 2 aromatic rings. The van der Waals surface area contributed by atoms with Crippen LogP contribution in [0.3, 0.4) is 0 Å². The Hall–Kier alpha value is -2.08. The molecule has 0 bridgehead atoms. The molecule has 0 amide bonds. The number of rotatable bonds is 6. The first-order valence-electron chi connectivity index (χ1n) is 8.13. The summed E-state index contributed by atoms with van der Waals surface area (Å²) in [6, 6.07) is 8.65. The lowest BCUT2D eigenvalue weighted by Crippen LogP contribution is -2.37. The standard InChI is InChI=1S/C18H27N5S/c1-13-14(2)24-17(22-13)12-21-18(19-3)20-11-10-15-6-8-16(9-7-15)23(4)5/h6-9H,10-12H2,1-5H3,(H2,19,20,21). The van der Waals surface area contributed by atoms with Crippen LogP contribution in [0.4, 0.5) is 5.69 Å². The lowest BCUT2D eigenvalue weighted by Gasteiger charge is -2.13. The molecule has 0 aliphatic rings. The van der Waals surface area contributed by atoms with Crippen molar-refractivity contribution in [2.75, 3.05) is 32.6 Å². The van der Waals surface area contributed by atoms with Gasteiger partial charge in [-0.25, -0.2) is 4.98 Å². The van der Waals surface area contributed by atoms with E-state index in [0.717, 1.165) is 29.6 Å². The highest BCUT2D eigenvalue weighted by Gasteiger charge is 2.05. The Morgan fingerprint density at radius 3 is 2.42 bits per heavy atom. The fourth-order valence-electron chi connectivity index (χ4n) is 2.28. The van der Waals surface area contributed by atoms with Gasteiger partial charge < -0.3 is 15.5 Å². The monoisotopic (exact) mass is 345 g/mol. The van der Waals surface area contributed by atoms with Crippen molar-refractivity contribution in [2.24, 2.45) is 4.99 Å². The molecule has 0 saturated heterocycles. The molecule has 6 heteroatoms. The number of benzene rings is 1. The Kier molecular flexibility index (Phi) is 6.61. The number of hydrogen-bond acceptors (Lipinski definition) is 4. The first-order chi connectivity index (χ1) is 11.5. The molecule has 130 valence electrons. The third kappa shape index (κ3) is 5.23. The number of hydrogen-bond donors (Lipinski definition) is 2. The summed E-state index contributed by atoms with van der Waals surface area (Å²) < 4.78 is 0. The highest BCUT2D eigenvalue weighted by molar-refractivity contribution is 7.11.